The van der Waals surface area contributed by atoms with Crippen molar-refractivity contribution in [3.8, 4) is 6.07 Å². The van der Waals surface area contributed by atoms with Gasteiger partial charge in [-0.3, -0.25) is 9.59 Å². The van der Waals surface area contributed by atoms with Crippen molar-refractivity contribution in [3.63, 3.8) is 0 Å². The van der Waals surface area contributed by atoms with Crippen LogP contribution in [0.1, 0.15) is 26.7 Å². The van der Waals surface area contributed by atoms with Gasteiger partial charge in [0, 0.05) is 32.7 Å². The summed E-state index contributed by atoms with van der Waals surface area (Å²) in [7, 11) is 0. The van der Waals surface area contributed by atoms with E-state index in [-0.39, 0.29) is 17.4 Å². The van der Waals surface area contributed by atoms with Crippen LogP contribution in [0.5, 0.6) is 0 Å². The molecule has 0 aromatic carbocycles. The van der Waals surface area contributed by atoms with E-state index >= 15 is 0 Å². The molecule has 0 saturated carbocycles. The number of hydrogen-bond acceptors (Lipinski definition) is 4. The molecule has 2 heterocycles. The summed E-state index contributed by atoms with van der Waals surface area (Å²) in [5, 5.41) is 12.2. The highest BCUT2D eigenvalue weighted by molar-refractivity contribution is 6.35. The van der Waals surface area contributed by atoms with Gasteiger partial charge in [0.15, 0.2) is 0 Å². The number of carbonyl (C=O) groups excluding carboxylic acids is 2. The predicted octanol–water partition coefficient (Wildman–Crippen LogP) is -0.0410. The maximum atomic E-state index is 12.1. The smallest absolute Gasteiger partial charge is 0.312 e. The van der Waals surface area contributed by atoms with Gasteiger partial charge in [-0.2, -0.15) is 5.26 Å². The molecule has 1 atom stereocenters. The lowest BCUT2D eigenvalue weighted by atomic mass is 9.89. The first-order chi connectivity index (χ1) is 9.44. The highest BCUT2D eigenvalue weighted by Crippen LogP contribution is 2.22. The fourth-order valence-electron chi connectivity index (χ4n) is 2.75. The first kappa shape index (κ1) is 14.8. The zero-order chi connectivity index (χ0) is 14.8. The second-order valence-corrected chi connectivity index (χ2v) is 6.21. The number of nitrogens with zero attached hydrogens (tertiary/aromatic N) is 3. The normalized spacial score (nSPS) is 23.6. The Morgan fingerprint density at radius 3 is 2.85 bits per heavy atom. The van der Waals surface area contributed by atoms with Gasteiger partial charge in [-0.05, 0) is 26.7 Å². The minimum Gasteiger partial charge on any atom is -0.332 e. The van der Waals surface area contributed by atoms with Crippen molar-refractivity contribution in [1.82, 2.24) is 15.1 Å². The Labute approximate surface area is 119 Å². The Bertz CT molecular complexity index is 441. The molecule has 2 saturated heterocycles. The van der Waals surface area contributed by atoms with Crippen LogP contribution in [0.4, 0.5) is 0 Å². The van der Waals surface area contributed by atoms with Gasteiger partial charge in [0.2, 0.25) is 0 Å². The molecular weight excluding hydrogens is 256 g/mol. The van der Waals surface area contributed by atoms with E-state index in [2.05, 4.69) is 11.4 Å². The number of carbonyl (C=O) groups is 2. The number of piperazine rings is 2. The van der Waals surface area contributed by atoms with Crippen molar-refractivity contribution in [2.45, 2.75) is 32.7 Å². The summed E-state index contributed by atoms with van der Waals surface area (Å²) in [4.78, 5) is 27.4. The molecule has 0 radical (unpaired) electrons. The molecule has 2 fully saturated rings. The third-order valence-electron chi connectivity index (χ3n) is 4.04. The molecule has 6 heteroatoms. The zero-order valence-corrected chi connectivity index (χ0v) is 12.2. The monoisotopic (exact) mass is 278 g/mol. The highest BCUT2D eigenvalue weighted by Gasteiger charge is 2.39. The topological polar surface area (TPSA) is 76.4 Å². The van der Waals surface area contributed by atoms with Crippen LogP contribution in [0.3, 0.4) is 0 Å². The Kier molecular flexibility index (Phi) is 4.29. The van der Waals surface area contributed by atoms with Crippen molar-refractivity contribution < 1.29 is 9.59 Å². The van der Waals surface area contributed by atoms with Crippen LogP contribution in [0.15, 0.2) is 0 Å². The van der Waals surface area contributed by atoms with Crippen LogP contribution in [-0.4, -0.2) is 60.4 Å². The molecule has 2 aliphatic heterocycles. The highest BCUT2D eigenvalue weighted by atomic mass is 16.2. The van der Waals surface area contributed by atoms with E-state index in [1.54, 1.807) is 9.80 Å². The van der Waals surface area contributed by atoms with Crippen LogP contribution in [0.2, 0.25) is 0 Å². The second-order valence-electron chi connectivity index (χ2n) is 6.21. The molecule has 1 N–H and O–H groups in total. The molecule has 2 amide bonds. The standard InChI is InChI=1S/C14H22N4O2/c1-14(2,10-15)4-3-6-17-9-11-8-16-5-7-18(11)13(20)12(17)19/h11,16H,3-9H2,1-2H3. The van der Waals surface area contributed by atoms with Crippen molar-refractivity contribution in [2.75, 3.05) is 32.7 Å². The number of amides is 2. The van der Waals surface area contributed by atoms with Crippen LogP contribution in [0, 0.1) is 16.7 Å². The maximum Gasteiger partial charge on any atom is 0.312 e. The van der Waals surface area contributed by atoms with Gasteiger partial charge in [-0.15, -0.1) is 0 Å². The minimum atomic E-state index is -0.391. The first-order valence-corrected chi connectivity index (χ1v) is 7.16. The van der Waals surface area contributed by atoms with E-state index in [1.807, 2.05) is 13.8 Å². The number of rotatable bonds is 4. The summed E-state index contributed by atoms with van der Waals surface area (Å²) < 4.78 is 0. The van der Waals surface area contributed by atoms with Crippen molar-refractivity contribution in [3.05, 3.63) is 0 Å². The average molecular weight is 278 g/mol. The number of nitrogens with one attached hydrogen (secondary N) is 1. The molecule has 6 nitrogen and oxygen atoms in total. The molecule has 20 heavy (non-hydrogen) atoms. The van der Waals surface area contributed by atoms with E-state index in [9.17, 15) is 9.59 Å². The molecule has 2 aliphatic rings. The third-order valence-corrected chi connectivity index (χ3v) is 4.04. The molecule has 1 unspecified atom stereocenters. The molecule has 0 aliphatic carbocycles. The predicted molar refractivity (Wildman–Crippen MR) is 73.6 cm³/mol. The molecule has 2 rings (SSSR count). The van der Waals surface area contributed by atoms with E-state index in [0.717, 1.165) is 25.9 Å². The van der Waals surface area contributed by atoms with E-state index in [0.29, 0.717) is 19.6 Å². The lowest BCUT2D eigenvalue weighted by Gasteiger charge is -2.43. The van der Waals surface area contributed by atoms with E-state index < -0.39 is 5.91 Å². The summed E-state index contributed by atoms with van der Waals surface area (Å²) in [5.41, 5.74) is -0.374. The van der Waals surface area contributed by atoms with Gasteiger partial charge < -0.3 is 15.1 Å². The molecular formula is C14H22N4O2. The SMILES string of the molecule is CC(C)(C#N)CCCN1CC2CNCCN2C(=O)C1=O. The number of fused-ring (bicyclic) bond motifs is 1. The van der Waals surface area contributed by atoms with Gasteiger partial charge in [-0.25, -0.2) is 0 Å². The Morgan fingerprint density at radius 2 is 2.15 bits per heavy atom. The van der Waals surface area contributed by atoms with Crippen LogP contribution in [0.25, 0.3) is 0 Å². The molecule has 0 aromatic heterocycles. The third kappa shape index (κ3) is 3.10. The molecule has 0 aromatic rings. The van der Waals surface area contributed by atoms with Crippen molar-refractivity contribution in [2.24, 2.45) is 5.41 Å². The fourth-order valence-corrected chi connectivity index (χ4v) is 2.75. The van der Waals surface area contributed by atoms with E-state index in [1.165, 1.54) is 0 Å². The number of hydrogen-bond donors (Lipinski definition) is 1. The summed E-state index contributed by atoms with van der Waals surface area (Å²) in [6.07, 6.45) is 1.48. The minimum absolute atomic E-state index is 0.0953. The Morgan fingerprint density at radius 1 is 1.40 bits per heavy atom. The largest absolute Gasteiger partial charge is 0.332 e. The van der Waals surface area contributed by atoms with Crippen LogP contribution < -0.4 is 5.32 Å². The molecule has 110 valence electrons. The fraction of sp³-hybridized carbons (Fsp3) is 0.786. The van der Waals surface area contributed by atoms with Gasteiger partial charge in [0.25, 0.3) is 0 Å². The average Bonchev–Trinajstić information content (AvgIpc) is 2.44. The van der Waals surface area contributed by atoms with Crippen molar-refractivity contribution >= 4 is 11.8 Å². The lowest BCUT2D eigenvalue weighted by Crippen LogP contribution is -2.65. The van der Waals surface area contributed by atoms with Gasteiger partial charge >= 0.3 is 11.8 Å². The molecule has 0 bridgehead atoms. The number of nitriles is 1. The Balaban J connectivity index is 1.91. The van der Waals surface area contributed by atoms with E-state index in [4.69, 9.17) is 5.26 Å². The quantitative estimate of drug-likeness (QED) is 0.732. The maximum absolute atomic E-state index is 12.1. The van der Waals surface area contributed by atoms with Crippen molar-refractivity contribution in [1.29, 1.82) is 5.26 Å². The summed E-state index contributed by atoms with van der Waals surface area (Å²) in [5.74, 6) is -0.764. The van der Waals surface area contributed by atoms with Gasteiger partial charge in [0.1, 0.15) is 0 Å². The zero-order valence-electron chi connectivity index (χ0n) is 12.2. The summed E-state index contributed by atoms with van der Waals surface area (Å²) in [6.45, 7) is 7.06. The summed E-state index contributed by atoms with van der Waals surface area (Å²) in [6, 6.07) is 2.35. The Hall–Kier alpha value is -1.61. The second kappa shape index (κ2) is 5.80. The first-order valence-electron chi connectivity index (χ1n) is 7.16. The van der Waals surface area contributed by atoms with Gasteiger partial charge in [0.05, 0.1) is 17.5 Å². The van der Waals surface area contributed by atoms with Crippen LogP contribution in [-0.2, 0) is 9.59 Å². The summed E-state index contributed by atoms with van der Waals surface area (Å²) >= 11 is 0. The lowest BCUT2D eigenvalue weighted by molar-refractivity contribution is -0.159. The molecule has 0 spiro atoms. The van der Waals surface area contributed by atoms with Crippen LogP contribution >= 0.6 is 0 Å². The van der Waals surface area contributed by atoms with Gasteiger partial charge in [-0.1, -0.05) is 0 Å².